The number of benzene rings is 1. The van der Waals surface area contributed by atoms with Crippen LogP contribution in [0.25, 0.3) is 0 Å². The number of hydrogen-bond donors (Lipinski definition) is 2. The zero-order valence-electron chi connectivity index (χ0n) is 12.0. The Morgan fingerprint density at radius 1 is 0.895 bits per heavy atom. The molecular formula is C15H22F2N2. The first-order chi connectivity index (χ1) is 9.06. The molecule has 2 rings (SSSR count). The lowest BCUT2D eigenvalue weighted by molar-refractivity contribution is 0.547. The van der Waals surface area contributed by atoms with Crippen LogP contribution in [-0.4, -0.2) is 0 Å². The van der Waals surface area contributed by atoms with E-state index < -0.39 is 11.6 Å². The third-order valence-corrected chi connectivity index (χ3v) is 2.50. The Morgan fingerprint density at radius 2 is 1.26 bits per heavy atom. The molecule has 2 nitrogen and oxygen atoms in total. The summed E-state index contributed by atoms with van der Waals surface area (Å²) in [5, 5.41) is 6.22. The molecule has 4 heteroatoms. The van der Waals surface area contributed by atoms with Crippen molar-refractivity contribution in [3.05, 3.63) is 59.9 Å². The number of halogens is 2. The van der Waals surface area contributed by atoms with Gasteiger partial charge in [-0.2, -0.15) is 0 Å². The molecule has 2 N–H and O–H groups in total. The number of hydrogen-bond acceptors (Lipinski definition) is 2. The van der Waals surface area contributed by atoms with Gasteiger partial charge in [0, 0.05) is 23.0 Å². The second kappa shape index (κ2) is 8.29. The Labute approximate surface area is 114 Å². The van der Waals surface area contributed by atoms with Crippen molar-refractivity contribution in [2.24, 2.45) is 0 Å². The van der Waals surface area contributed by atoms with Crippen LogP contribution in [0.5, 0.6) is 0 Å². The van der Waals surface area contributed by atoms with Crippen molar-refractivity contribution in [3.8, 4) is 0 Å². The van der Waals surface area contributed by atoms with E-state index in [1.807, 2.05) is 27.7 Å². The fourth-order valence-electron chi connectivity index (χ4n) is 1.59. The van der Waals surface area contributed by atoms with Gasteiger partial charge in [0.2, 0.25) is 0 Å². The van der Waals surface area contributed by atoms with Crippen LogP contribution in [0.1, 0.15) is 39.4 Å². The molecule has 0 bridgehead atoms. The first-order valence-electron chi connectivity index (χ1n) is 6.23. The van der Waals surface area contributed by atoms with Crippen LogP contribution in [0.15, 0.2) is 42.8 Å². The number of nitrogens with one attached hydrogen (secondary N) is 2. The molecule has 106 valence electrons. The van der Waals surface area contributed by atoms with E-state index >= 15 is 0 Å². The molecule has 1 aromatic carbocycles. The fourth-order valence-corrected chi connectivity index (χ4v) is 1.59. The van der Waals surface area contributed by atoms with Gasteiger partial charge in [0.05, 0.1) is 0 Å². The highest BCUT2D eigenvalue weighted by molar-refractivity contribution is 5.27. The highest BCUT2D eigenvalue weighted by Gasteiger charge is 2.19. The van der Waals surface area contributed by atoms with Gasteiger partial charge >= 0.3 is 0 Å². The summed E-state index contributed by atoms with van der Waals surface area (Å²) in [6, 6.07) is 3.50. The normalized spacial score (nSPS) is 13.6. The third kappa shape index (κ3) is 4.73. The average Bonchev–Trinajstić information content (AvgIpc) is 2.73. The molecule has 0 spiro atoms. The van der Waals surface area contributed by atoms with E-state index in [9.17, 15) is 8.78 Å². The molecule has 0 atom stereocenters. The Bertz CT molecular complexity index is 408. The lowest BCUT2D eigenvalue weighted by Gasteiger charge is -2.14. The maximum absolute atomic E-state index is 13.0. The molecule has 0 aliphatic carbocycles. The van der Waals surface area contributed by atoms with Crippen LogP contribution < -0.4 is 10.6 Å². The lowest BCUT2D eigenvalue weighted by Crippen LogP contribution is -2.23. The van der Waals surface area contributed by atoms with Crippen molar-refractivity contribution in [1.29, 1.82) is 0 Å². The minimum Gasteiger partial charge on any atom is -0.364 e. The summed E-state index contributed by atoms with van der Waals surface area (Å²) in [7, 11) is 0. The van der Waals surface area contributed by atoms with Crippen molar-refractivity contribution in [1.82, 2.24) is 10.6 Å². The molecule has 19 heavy (non-hydrogen) atoms. The summed E-state index contributed by atoms with van der Waals surface area (Å²) in [5.41, 5.74) is 2.54. The summed E-state index contributed by atoms with van der Waals surface area (Å²) in [6.07, 6.45) is -0.241. The molecule has 0 fully saturated rings. The molecule has 1 aliphatic heterocycles. The summed E-state index contributed by atoms with van der Waals surface area (Å²) in [5.74, 6) is -1.12. The maximum atomic E-state index is 13.0. The molecule has 1 aliphatic rings. The quantitative estimate of drug-likeness (QED) is 0.745. The molecular weight excluding hydrogens is 246 g/mol. The van der Waals surface area contributed by atoms with Gasteiger partial charge in [-0.3, -0.25) is 0 Å². The Morgan fingerprint density at radius 3 is 1.63 bits per heavy atom. The summed E-state index contributed by atoms with van der Waals surface area (Å²) in [4.78, 5) is 0. The molecule has 0 saturated carbocycles. The maximum Gasteiger partial charge on any atom is 0.126 e. The van der Waals surface area contributed by atoms with Crippen LogP contribution >= 0.6 is 0 Å². The smallest absolute Gasteiger partial charge is 0.126 e. The van der Waals surface area contributed by atoms with Gasteiger partial charge < -0.3 is 10.6 Å². The third-order valence-electron chi connectivity index (χ3n) is 2.50. The summed E-state index contributed by atoms with van der Waals surface area (Å²) in [6.45, 7) is 13.8. The Hall–Kier alpha value is -1.84. The predicted octanol–water partition coefficient (Wildman–Crippen LogP) is 4.24. The monoisotopic (exact) mass is 268 g/mol. The predicted molar refractivity (Wildman–Crippen MR) is 76.3 cm³/mol. The van der Waals surface area contributed by atoms with E-state index in [-0.39, 0.29) is 6.17 Å². The molecule has 1 aromatic rings. The van der Waals surface area contributed by atoms with Gasteiger partial charge in [-0.25, -0.2) is 8.78 Å². The van der Waals surface area contributed by atoms with E-state index in [2.05, 4.69) is 23.8 Å². The Kier molecular flexibility index (Phi) is 7.49. The number of rotatable bonds is 1. The van der Waals surface area contributed by atoms with Crippen molar-refractivity contribution in [3.63, 3.8) is 0 Å². The summed E-state index contributed by atoms with van der Waals surface area (Å²) < 4.78 is 25.9. The van der Waals surface area contributed by atoms with Gasteiger partial charge in [0.1, 0.15) is 17.8 Å². The van der Waals surface area contributed by atoms with E-state index in [0.29, 0.717) is 5.56 Å². The van der Waals surface area contributed by atoms with E-state index in [1.165, 1.54) is 12.1 Å². The van der Waals surface area contributed by atoms with Gasteiger partial charge in [-0.15, -0.1) is 13.2 Å². The van der Waals surface area contributed by atoms with E-state index in [0.717, 1.165) is 17.5 Å². The lowest BCUT2D eigenvalue weighted by atomic mass is 10.1. The van der Waals surface area contributed by atoms with Gasteiger partial charge in [0.15, 0.2) is 0 Å². The second-order valence-corrected chi connectivity index (χ2v) is 3.67. The largest absolute Gasteiger partial charge is 0.364 e. The molecule has 0 unspecified atom stereocenters. The zero-order valence-corrected chi connectivity index (χ0v) is 12.0. The first-order valence-corrected chi connectivity index (χ1v) is 6.23. The van der Waals surface area contributed by atoms with Crippen LogP contribution in [0.3, 0.4) is 0 Å². The summed E-state index contributed by atoms with van der Waals surface area (Å²) >= 11 is 0. The Balaban J connectivity index is 0.000000741. The molecule has 0 radical (unpaired) electrons. The van der Waals surface area contributed by atoms with Crippen LogP contribution in [0.4, 0.5) is 8.78 Å². The molecule has 0 amide bonds. The van der Waals surface area contributed by atoms with Crippen molar-refractivity contribution < 1.29 is 8.78 Å². The average molecular weight is 268 g/mol. The highest BCUT2D eigenvalue weighted by atomic mass is 19.1. The van der Waals surface area contributed by atoms with Gasteiger partial charge in [0.25, 0.3) is 0 Å². The minimum absolute atomic E-state index is 0.241. The molecule has 0 aromatic heterocycles. The second-order valence-electron chi connectivity index (χ2n) is 3.67. The molecule has 0 saturated heterocycles. The SMILES string of the molecule is C=C.CC.CC1=C(C)NC(c2cc(F)cc(F)c2)N1. The van der Waals surface area contributed by atoms with Crippen molar-refractivity contribution in [2.45, 2.75) is 33.9 Å². The topological polar surface area (TPSA) is 24.1 Å². The van der Waals surface area contributed by atoms with Crippen LogP contribution in [-0.2, 0) is 0 Å². The van der Waals surface area contributed by atoms with Crippen molar-refractivity contribution >= 4 is 0 Å². The van der Waals surface area contributed by atoms with Gasteiger partial charge in [-0.05, 0) is 26.0 Å². The van der Waals surface area contributed by atoms with Gasteiger partial charge in [-0.1, -0.05) is 13.8 Å². The standard InChI is InChI=1S/C11H12F2N2.C2H6.C2H4/c1-6-7(2)15-11(14-6)8-3-9(12)5-10(13)4-8;2*1-2/h3-5,11,14-15H,1-2H3;1-2H3;1-2H2. The first kappa shape index (κ1) is 17.2. The highest BCUT2D eigenvalue weighted by Crippen LogP contribution is 2.21. The van der Waals surface area contributed by atoms with Crippen LogP contribution in [0.2, 0.25) is 0 Å². The van der Waals surface area contributed by atoms with Crippen LogP contribution in [0, 0.1) is 11.6 Å². The number of allylic oxidation sites excluding steroid dienone is 2. The minimum atomic E-state index is -0.559. The van der Waals surface area contributed by atoms with E-state index in [1.54, 1.807) is 0 Å². The van der Waals surface area contributed by atoms with E-state index in [4.69, 9.17) is 0 Å². The van der Waals surface area contributed by atoms with Crippen molar-refractivity contribution in [2.75, 3.05) is 0 Å². The zero-order chi connectivity index (χ0) is 15.0. The fraction of sp³-hybridized carbons (Fsp3) is 0.333. The molecule has 1 heterocycles.